The third kappa shape index (κ3) is 3.66. The van der Waals surface area contributed by atoms with Crippen LogP contribution < -0.4 is 20.8 Å². The maximum Gasteiger partial charge on any atom is 0.259 e. The fraction of sp³-hybridized carbons (Fsp3) is 0.200. The first-order valence-corrected chi connectivity index (χ1v) is 10.1. The number of hydrogen-bond acceptors (Lipinski definition) is 5. The van der Waals surface area contributed by atoms with Gasteiger partial charge in [-0.25, -0.2) is 0 Å². The number of aryl methyl sites for hydroxylation is 1. The Balaban J connectivity index is 1.95. The number of benzene rings is 2. The molecule has 1 aromatic heterocycles. The first kappa shape index (κ1) is 20.3. The molecular formula is C25H23N3O3. The Labute approximate surface area is 180 Å². The van der Waals surface area contributed by atoms with Gasteiger partial charge < -0.3 is 19.8 Å². The minimum atomic E-state index is -0.674. The van der Waals surface area contributed by atoms with E-state index in [0.29, 0.717) is 35.8 Å². The number of rotatable bonds is 5. The van der Waals surface area contributed by atoms with Crippen LogP contribution >= 0.6 is 0 Å². The molecule has 3 aromatic rings. The average molecular weight is 413 g/mol. The summed E-state index contributed by atoms with van der Waals surface area (Å²) in [5.74, 6) is 0.315. The van der Waals surface area contributed by atoms with Gasteiger partial charge >= 0.3 is 0 Å². The lowest BCUT2D eigenvalue weighted by atomic mass is 9.83. The topological polar surface area (TPSA) is 90.3 Å². The van der Waals surface area contributed by atoms with Crippen molar-refractivity contribution in [3.63, 3.8) is 0 Å². The zero-order valence-corrected chi connectivity index (χ0v) is 17.5. The van der Waals surface area contributed by atoms with Crippen LogP contribution in [0.2, 0.25) is 0 Å². The molecule has 0 bridgehead atoms. The molecule has 0 amide bonds. The predicted octanol–water partition coefficient (Wildman–Crippen LogP) is 3.82. The average Bonchev–Trinajstić information content (AvgIpc) is 2.77. The van der Waals surface area contributed by atoms with Gasteiger partial charge in [0.2, 0.25) is 5.88 Å². The number of nitrogens with zero attached hydrogens (tertiary/aromatic N) is 2. The van der Waals surface area contributed by atoms with Gasteiger partial charge in [0.25, 0.3) is 5.56 Å². The zero-order chi connectivity index (χ0) is 22.0. The Morgan fingerprint density at radius 2 is 1.87 bits per heavy atom. The van der Waals surface area contributed by atoms with Gasteiger partial charge in [0.15, 0.2) is 0 Å². The number of aromatic nitrogens is 1. The van der Waals surface area contributed by atoms with Crippen molar-refractivity contribution in [3.8, 4) is 17.6 Å². The molecule has 0 saturated carbocycles. The number of pyridine rings is 1. The number of allylic oxidation sites excluding steroid dienone is 1. The molecule has 156 valence electrons. The summed E-state index contributed by atoms with van der Waals surface area (Å²) in [6.45, 7) is 4.62. The van der Waals surface area contributed by atoms with Gasteiger partial charge in [0.05, 0.1) is 24.6 Å². The zero-order valence-electron chi connectivity index (χ0n) is 17.5. The van der Waals surface area contributed by atoms with E-state index in [-0.39, 0.29) is 17.0 Å². The fourth-order valence-electron chi connectivity index (χ4n) is 3.97. The molecule has 0 radical (unpaired) electrons. The van der Waals surface area contributed by atoms with Crippen LogP contribution in [-0.4, -0.2) is 11.2 Å². The standard InChI is InChI=1S/C25H23N3O3/c1-3-30-20-12-8-7-11-18(20)22-19(14-26)24(27)31-21-13-16(2)28(25(29)23(21)22)15-17-9-5-4-6-10-17/h4-13,22H,3,15,27H2,1-2H3/t22-/m1/s1. The number of nitriles is 1. The quantitative estimate of drug-likeness (QED) is 0.687. The van der Waals surface area contributed by atoms with E-state index in [1.54, 1.807) is 10.6 Å². The first-order valence-electron chi connectivity index (χ1n) is 10.1. The lowest BCUT2D eigenvalue weighted by Crippen LogP contribution is -2.33. The highest BCUT2D eigenvalue weighted by Crippen LogP contribution is 2.43. The number of nitrogens with two attached hydrogens (primary N) is 1. The van der Waals surface area contributed by atoms with Crippen LogP contribution in [0.5, 0.6) is 11.5 Å². The van der Waals surface area contributed by atoms with Crippen molar-refractivity contribution in [2.24, 2.45) is 5.73 Å². The van der Waals surface area contributed by atoms with E-state index < -0.39 is 5.92 Å². The van der Waals surface area contributed by atoms with Gasteiger partial charge in [-0.3, -0.25) is 4.79 Å². The molecule has 2 aromatic carbocycles. The number of fused-ring (bicyclic) bond motifs is 1. The molecule has 2 N–H and O–H groups in total. The predicted molar refractivity (Wildman–Crippen MR) is 118 cm³/mol. The van der Waals surface area contributed by atoms with Crippen LogP contribution in [0.15, 0.2) is 76.9 Å². The van der Waals surface area contributed by atoms with Crippen molar-refractivity contribution in [3.05, 3.63) is 105 Å². The summed E-state index contributed by atoms with van der Waals surface area (Å²) >= 11 is 0. The van der Waals surface area contributed by atoms with E-state index in [4.69, 9.17) is 15.2 Å². The van der Waals surface area contributed by atoms with E-state index in [0.717, 1.165) is 11.3 Å². The minimum absolute atomic E-state index is 0.00547. The Hall–Kier alpha value is -3.98. The third-order valence-corrected chi connectivity index (χ3v) is 5.40. The maximum absolute atomic E-state index is 13.7. The van der Waals surface area contributed by atoms with Gasteiger partial charge in [-0.2, -0.15) is 5.26 Å². The van der Waals surface area contributed by atoms with Gasteiger partial charge in [0.1, 0.15) is 23.1 Å². The van der Waals surface area contributed by atoms with Gasteiger partial charge in [-0.05, 0) is 25.5 Å². The Bertz CT molecular complexity index is 1250. The van der Waals surface area contributed by atoms with Gasteiger partial charge in [0, 0.05) is 17.3 Å². The van der Waals surface area contributed by atoms with Crippen LogP contribution in [0, 0.1) is 18.3 Å². The third-order valence-electron chi connectivity index (χ3n) is 5.40. The SMILES string of the molecule is CCOc1ccccc1[C@@H]1C(C#N)=C(N)Oc2cc(C)n(Cc3ccccc3)c(=O)c21. The van der Waals surface area contributed by atoms with E-state index in [1.807, 2.05) is 68.4 Å². The Morgan fingerprint density at radius 1 is 1.16 bits per heavy atom. The number of para-hydroxylation sites is 1. The van der Waals surface area contributed by atoms with Gasteiger partial charge in [-0.15, -0.1) is 0 Å². The monoisotopic (exact) mass is 413 g/mol. The summed E-state index contributed by atoms with van der Waals surface area (Å²) in [7, 11) is 0. The maximum atomic E-state index is 13.7. The summed E-state index contributed by atoms with van der Waals surface area (Å²) < 4.78 is 13.2. The molecule has 1 atom stereocenters. The highest BCUT2D eigenvalue weighted by Gasteiger charge is 2.35. The van der Waals surface area contributed by atoms with E-state index in [2.05, 4.69) is 6.07 Å². The van der Waals surface area contributed by atoms with E-state index >= 15 is 0 Å². The van der Waals surface area contributed by atoms with Crippen LogP contribution in [0.3, 0.4) is 0 Å². The summed E-state index contributed by atoms with van der Waals surface area (Å²) in [6, 6.07) is 21.1. The molecule has 31 heavy (non-hydrogen) atoms. The summed E-state index contributed by atoms with van der Waals surface area (Å²) in [6.07, 6.45) is 0. The highest BCUT2D eigenvalue weighted by atomic mass is 16.5. The summed E-state index contributed by atoms with van der Waals surface area (Å²) in [5.41, 5.74) is 8.94. The molecule has 0 aliphatic carbocycles. The second kappa shape index (κ2) is 8.41. The minimum Gasteiger partial charge on any atom is -0.494 e. The molecule has 4 rings (SSSR count). The molecule has 6 heteroatoms. The highest BCUT2D eigenvalue weighted by molar-refractivity contribution is 5.58. The summed E-state index contributed by atoms with van der Waals surface area (Å²) in [4.78, 5) is 13.7. The molecule has 0 spiro atoms. The smallest absolute Gasteiger partial charge is 0.259 e. The second-order valence-corrected chi connectivity index (χ2v) is 7.34. The molecule has 0 unspecified atom stereocenters. The first-order chi connectivity index (χ1) is 15.0. The van der Waals surface area contributed by atoms with E-state index in [9.17, 15) is 10.1 Å². The fourth-order valence-corrected chi connectivity index (χ4v) is 3.97. The molecule has 1 aliphatic rings. The molecule has 2 heterocycles. The number of hydrogen-bond donors (Lipinski definition) is 1. The molecule has 0 fully saturated rings. The van der Waals surface area contributed by atoms with Crippen LogP contribution in [0.25, 0.3) is 0 Å². The van der Waals surface area contributed by atoms with Crippen molar-refractivity contribution in [1.82, 2.24) is 4.57 Å². The molecule has 6 nitrogen and oxygen atoms in total. The van der Waals surface area contributed by atoms with Crippen molar-refractivity contribution in [2.75, 3.05) is 6.61 Å². The molecule has 0 saturated heterocycles. The Morgan fingerprint density at radius 3 is 2.58 bits per heavy atom. The van der Waals surface area contributed by atoms with Crippen molar-refractivity contribution < 1.29 is 9.47 Å². The lowest BCUT2D eigenvalue weighted by molar-refractivity contribution is 0.334. The number of ether oxygens (including phenoxy) is 2. The van der Waals surface area contributed by atoms with E-state index in [1.165, 1.54) is 0 Å². The van der Waals surface area contributed by atoms with Gasteiger partial charge in [-0.1, -0.05) is 48.5 Å². The van der Waals surface area contributed by atoms with Crippen molar-refractivity contribution in [1.29, 1.82) is 5.26 Å². The van der Waals surface area contributed by atoms with Crippen LogP contribution in [0.4, 0.5) is 0 Å². The molecule has 1 aliphatic heterocycles. The lowest BCUT2D eigenvalue weighted by Gasteiger charge is -2.28. The normalized spacial score (nSPS) is 15.1. The van der Waals surface area contributed by atoms with Crippen molar-refractivity contribution in [2.45, 2.75) is 26.3 Å². The van der Waals surface area contributed by atoms with Crippen molar-refractivity contribution >= 4 is 0 Å². The summed E-state index contributed by atoms with van der Waals surface area (Å²) in [5, 5.41) is 9.87. The Kier molecular flexibility index (Phi) is 5.50. The molecular weight excluding hydrogens is 390 g/mol. The largest absolute Gasteiger partial charge is 0.494 e. The van der Waals surface area contributed by atoms with Crippen LogP contribution in [-0.2, 0) is 6.54 Å². The second-order valence-electron chi connectivity index (χ2n) is 7.34. The van der Waals surface area contributed by atoms with Crippen LogP contribution in [0.1, 0.15) is 35.2 Å².